The standard InChI is InChI=1S/C15H12F3N3O2S/c1-9-5-6-20-10(2)14(9)21-24(22,23)12-4-3-11(8-19)13(7-12)15(16,17)18/h3-7,21H,1-2H3. The van der Waals surface area contributed by atoms with Gasteiger partial charge in [-0.3, -0.25) is 9.71 Å². The first-order chi connectivity index (χ1) is 11.1. The summed E-state index contributed by atoms with van der Waals surface area (Å²) in [5.74, 6) is 0. The second kappa shape index (κ2) is 6.13. The lowest BCUT2D eigenvalue weighted by Crippen LogP contribution is -2.17. The van der Waals surface area contributed by atoms with Crippen LogP contribution in [0.15, 0.2) is 35.4 Å². The van der Waals surface area contributed by atoms with E-state index in [9.17, 15) is 21.6 Å². The van der Waals surface area contributed by atoms with Gasteiger partial charge in [-0.15, -0.1) is 0 Å². The largest absolute Gasteiger partial charge is 0.417 e. The summed E-state index contributed by atoms with van der Waals surface area (Å²) in [6.07, 6.45) is -3.34. The molecule has 0 aliphatic rings. The molecule has 126 valence electrons. The van der Waals surface area contributed by atoms with E-state index in [4.69, 9.17) is 5.26 Å². The maximum absolute atomic E-state index is 13.0. The van der Waals surface area contributed by atoms with Gasteiger partial charge in [0.2, 0.25) is 0 Å². The quantitative estimate of drug-likeness (QED) is 0.915. The summed E-state index contributed by atoms with van der Waals surface area (Å²) in [6.45, 7) is 3.22. The minimum atomic E-state index is -4.84. The number of nitrogens with one attached hydrogen (secondary N) is 1. The molecule has 1 heterocycles. The highest BCUT2D eigenvalue weighted by molar-refractivity contribution is 7.92. The van der Waals surface area contributed by atoms with Crippen LogP contribution in [-0.2, 0) is 16.2 Å². The number of pyridine rings is 1. The van der Waals surface area contributed by atoms with Gasteiger partial charge in [-0.1, -0.05) is 0 Å². The number of benzene rings is 1. The van der Waals surface area contributed by atoms with Gasteiger partial charge in [-0.05, 0) is 43.7 Å². The van der Waals surface area contributed by atoms with E-state index < -0.39 is 32.2 Å². The normalized spacial score (nSPS) is 11.8. The van der Waals surface area contributed by atoms with E-state index in [0.29, 0.717) is 17.3 Å². The van der Waals surface area contributed by atoms with Crippen molar-refractivity contribution in [3.05, 3.63) is 52.8 Å². The molecule has 0 atom stereocenters. The molecule has 0 radical (unpaired) electrons. The SMILES string of the molecule is Cc1ccnc(C)c1NS(=O)(=O)c1ccc(C#N)c(C(F)(F)F)c1. The highest BCUT2D eigenvalue weighted by atomic mass is 32.2. The number of anilines is 1. The highest BCUT2D eigenvalue weighted by Crippen LogP contribution is 2.33. The molecular formula is C15H12F3N3O2S. The molecule has 0 spiro atoms. The van der Waals surface area contributed by atoms with E-state index in [2.05, 4.69) is 9.71 Å². The number of sulfonamides is 1. The first kappa shape index (κ1) is 17.7. The predicted octanol–water partition coefficient (Wildman–Crippen LogP) is 3.39. The summed E-state index contributed by atoms with van der Waals surface area (Å²) in [4.78, 5) is 3.37. The lowest BCUT2D eigenvalue weighted by molar-refractivity contribution is -0.137. The van der Waals surface area contributed by atoms with Gasteiger partial charge in [-0.2, -0.15) is 18.4 Å². The third-order valence-electron chi connectivity index (χ3n) is 3.31. The molecule has 0 saturated carbocycles. The summed E-state index contributed by atoms with van der Waals surface area (Å²) in [7, 11) is -4.27. The van der Waals surface area contributed by atoms with Crippen molar-refractivity contribution in [1.29, 1.82) is 5.26 Å². The molecule has 0 unspecified atom stereocenters. The Kier molecular flexibility index (Phi) is 4.53. The average molecular weight is 355 g/mol. The van der Waals surface area contributed by atoms with Gasteiger partial charge in [0.25, 0.3) is 10.0 Å². The van der Waals surface area contributed by atoms with Crippen LogP contribution in [0.3, 0.4) is 0 Å². The topological polar surface area (TPSA) is 82.8 Å². The minimum absolute atomic E-state index is 0.204. The zero-order chi connectivity index (χ0) is 18.1. The fourth-order valence-corrected chi connectivity index (χ4v) is 3.28. The molecule has 2 rings (SSSR count). The number of hydrogen-bond acceptors (Lipinski definition) is 4. The molecule has 5 nitrogen and oxygen atoms in total. The van der Waals surface area contributed by atoms with Crippen molar-refractivity contribution >= 4 is 15.7 Å². The molecule has 24 heavy (non-hydrogen) atoms. The predicted molar refractivity (Wildman–Crippen MR) is 80.7 cm³/mol. The number of aromatic nitrogens is 1. The van der Waals surface area contributed by atoms with Crippen LogP contribution in [0.4, 0.5) is 18.9 Å². The Labute approximate surface area is 136 Å². The van der Waals surface area contributed by atoms with E-state index in [0.717, 1.165) is 12.1 Å². The van der Waals surface area contributed by atoms with Crippen molar-refractivity contribution in [2.75, 3.05) is 4.72 Å². The Hall–Kier alpha value is -2.60. The van der Waals surface area contributed by atoms with Crippen LogP contribution in [-0.4, -0.2) is 13.4 Å². The highest BCUT2D eigenvalue weighted by Gasteiger charge is 2.35. The van der Waals surface area contributed by atoms with E-state index in [1.54, 1.807) is 19.9 Å². The first-order valence-electron chi connectivity index (χ1n) is 6.62. The van der Waals surface area contributed by atoms with Crippen LogP contribution in [0.25, 0.3) is 0 Å². The Balaban J connectivity index is 2.53. The molecule has 9 heteroatoms. The van der Waals surface area contributed by atoms with Gasteiger partial charge >= 0.3 is 6.18 Å². The third kappa shape index (κ3) is 3.49. The fourth-order valence-electron chi connectivity index (χ4n) is 2.06. The molecular weight excluding hydrogens is 343 g/mol. The number of hydrogen-bond donors (Lipinski definition) is 1. The fraction of sp³-hybridized carbons (Fsp3) is 0.200. The number of rotatable bonds is 3. The van der Waals surface area contributed by atoms with Crippen LogP contribution in [0.2, 0.25) is 0 Å². The molecule has 0 amide bonds. The van der Waals surface area contributed by atoms with Gasteiger partial charge in [0.05, 0.1) is 33.5 Å². The first-order valence-corrected chi connectivity index (χ1v) is 8.11. The maximum Gasteiger partial charge on any atom is 0.417 e. The Morgan fingerprint density at radius 1 is 1.21 bits per heavy atom. The van der Waals surface area contributed by atoms with Crippen molar-refractivity contribution in [3.63, 3.8) is 0 Å². The van der Waals surface area contributed by atoms with Gasteiger partial charge < -0.3 is 0 Å². The lowest BCUT2D eigenvalue weighted by atomic mass is 10.1. The Morgan fingerprint density at radius 3 is 2.42 bits per heavy atom. The zero-order valence-corrected chi connectivity index (χ0v) is 13.5. The van der Waals surface area contributed by atoms with Gasteiger partial charge in [-0.25, -0.2) is 8.42 Å². The molecule has 0 aliphatic carbocycles. The average Bonchev–Trinajstić information content (AvgIpc) is 2.49. The summed E-state index contributed by atoms with van der Waals surface area (Å²) >= 11 is 0. The van der Waals surface area contributed by atoms with Crippen molar-refractivity contribution in [2.45, 2.75) is 24.9 Å². The van der Waals surface area contributed by atoms with Crippen LogP contribution in [0.1, 0.15) is 22.4 Å². The molecule has 0 bridgehead atoms. The molecule has 1 aromatic carbocycles. The third-order valence-corrected chi connectivity index (χ3v) is 4.66. The maximum atomic E-state index is 13.0. The number of aryl methyl sites for hydroxylation is 2. The number of alkyl halides is 3. The van der Waals surface area contributed by atoms with Crippen molar-refractivity contribution < 1.29 is 21.6 Å². The number of nitriles is 1. The van der Waals surface area contributed by atoms with Gasteiger partial charge in [0.15, 0.2) is 0 Å². The molecule has 1 N–H and O–H groups in total. The van der Waals surface area contributed by atoms with Crippen LogP contribution in [0, 0.1) is 25.2 Å². The smallest absolute Gasteiger partial charge is 0.278 e. The Morgan fingerprint density at radius 2 is 1.88 bits per heavy atom. The van der Waals surface area contributed by atoms with E-state index in [1.165, 1.54) is 12.3 Å². The van der Waals surface area contributed by atoms with Crippen molar-refractivity contribution in [2.24, 2.45) is 0 Å². The monoisotopic (exact) mass is 355 g/mol. The summed E-state index contributed by atoms with van der Waals surface area (Å²) in [5, 5.41) is 8.76. The van der Waals surface area contributed by atoms with Crippen molar-refractivity contribution in [3.8, 4) is 6.07 Å². The zero-order valence-electron chi connectivity index (χ0n) is 12.6. The molecule has 0 saturated heterocycles. The molecule has 0 fully saturated rings. The van der Waals surface area contributed by atoms with Crippen LogP contribution < -0.4 is 4.72 Å². The molecule has 2 aromatic rings. The van der Waals surface area contributed by atoms with E-state index in [-0.39, 0.29) is 5.69 Å². The number of nitrogens with zero attached hydrogens (tertiary/aromatic N) is 2. The van der Waals surface area contributed by atoms with Crippen LogP contribution >= 0.6 is 0 Å². The minimum Gasteiger partial charge on any atom is -0.278 e. The lowest BCUT2D eigenvalue weighted by Gasteiger charge is -2.14. The molecule has 1 aromatic heterocycles. The van der Waals surface area contributed by atoms with Crippen LogP contribution in [0.5, 0.6) is 0 Å². The summed E-state index contributed by atoms with van der Waals surface area (Å²) in [6, 6.07) is 5.21. The second-order valence-corrected chi connectivity index (χ2v) is 6.69. The second-order valence-electron chi connectivity index (χ2n) is 5.01. The summed E-state index contributed by atoms with van der Waals surface area (Å²) in [5.41, 5.74) is -0.767. The molecule has 0 aliphatic heterocycles. The van der Waals surface area contributed by atoms with E-state index >= 15 is 0 Å². The van der Waals surface area contributed by atoms with Crippen molar-refractivity contribution in [1.82, 2.24) is 4.98 Å². The number of halogens is 3. The van der Waals surface area contributed by atoms with Gasteiger partial charge in [0, 0.05) is 6.20 Å². The van der Waals surface area contributed by atoms with Gasteiger partial charge in [0.1, 0.15) is 0 Å². The Bertz CT molecular complexity index is 912. The summed E-state index contributed by atoms with van der Waals surface area (Å²) < 4.78 is 66.0. The van der Waals surface area contributed by atoms with E-state index in [1.807, 2.05) is 0 Å².